The van der Waals surface area contributed by atoms with Crippen molar-refractivity contribution in [2.75, 3.05) is 17.2 Å². The van der Waals surface area contributed by atoms with Crippen LogP contribution in [0.1, 0.15) is 18.4 Å². The van der Waals surface area contributed by atoms with E-state index in [0.717, 1.165) is 34.4 Å². The van der Waals surface area contributed by atoms with Crippen molar-refractivity contribution >= 4 is 39.0 Å². The molecule has 6 heteroatoms. The molecule has 0 aliphatic carbocycles. The van der Waals surface area contributed by atoms with E-state index < -0.39 is 0 Å². The average molecular weight is 376 g/mol. The van der Waals surface area contributed by atoms with Crippen LogP contribution in [0.15, 0.2) is 41.0 Å². The van der Waals surface area contributed by atoms with Crippen LogP contribution in [0.2, 0.25) is 0 Å². The molecule has 0 spiro atoms. The molecular weight excluding hydrogens is 358 g/mol. The molecule has 1 atom stereocenters. The highest BCUT2D eigenvalue weighted by molar-refractivity contribution is 9.10. The zero-order valence-electron chi connectivity index (χ0n) is 12.8. The summed E-state index contributed by atoms with van der Waals surface area (Å²) in [6.07, 6.45) is 3.02. The van der Waals surface area contributed by atoms with E-state index >= 15 is 0 Å². The molecule has 1 aliphatic rings. The lowest BCUT2D eigenvalue weighted by Crippen LogP contribution is -2.26. The molecule has 2 aromatic rings. The van der Waals surface area contributed by atoms with Crippen molar-refractivity contribution in [1.29, 1.82) is 0 Å². The molecule has 3 rings (SSSR count). The van der Waals surface area contributed by atoms with Crippen LogP contribution in [-0.2, 0) is 9.53 Å². The van der Waals surface area contributed by atoms with E-state index in [0.29, 0.717) is 12.3 Å². The second-order valence-electron chi connectivity index (χ2n) is 5.51. The summed E-state index contributed by atoms with van der Waals surface area (Å²) in [5.74, 6) is 0.621. The number of hydrogen-bond donors (Lipinski definition) is 2. The van der Waals surface area contributed by atoms with Crippen LogP contribution in [0.25, 0.3) is 0 Å². The summed E-state index contributed by atoms with van der Waals surface area (Å²) in [5.41, 5.74) is 2.79. The lowest BCUT2D eigenvalue weighted by atomic mass is 10.2. The van der Waals surface area contributed by atoms with Crippen LogP contribution < -0.4 is 10.6 Å². The number of pyridine rings is 1. The Morgan fingerprint density at radius 2 is 2.13 bits per heavy atom. The maximum Gasteiger partial charge on any atom is 0.253 e. The normalized spacial score (nSPS) is 17.0. The maximum atomic E-state index is 12.0. The molecule has 1 amide bonds. The minimum absolute atomic E-state index is 0.103. The summed E-state index contributed by atoms with van der Waals surface area (Å²) in [6.45, 7) is 2.69. The summed E-state index contributed by atoms with van der Waals surface area (Å²) in [7, 11) is 0. The van der Waals surface area contributed by atoms with Crippen molar-refractivity contribution in [1.82, 2.24) is 4.98 Å². The molecule has 1 aromatic carbocycles. The van der Waals surface area contributed by atoms with E-state index in [2.05, 4.69) is 31.5 Å². The van der Waals surface area contributed by atoms with Crippen LogP contribution in [0.5, 0.6) is 0 Å². The van der Waals surface area contributed by atoms with Crippen LogP contribution in [0.4, 0.5) is 17.2 Å². The molecular formula is C17H18BrN3O2. The van der Waals surface area contributed by atoms with Gasteiger partial charge in [-0.25, -0.2) is 4.98 Å². The van der Waals surface area contributed by atoms with E-state index in [9.17, 15) is 4.79 Å². The Hall–Kier alpha value is -1.92. The van der Waals surface area contributed by atoms with E-state index in [1.165, 1.54) is 0 Å². The molecule has 23 heavy (non-hydrogen) atoms. The molecule has 1 aliphatic heterocycles. The number of benzene rings is 1. The standard InChI is InChI=1S/C17H18BrN3O2/c1-11-9-12(4-6-14(11)18)20-16-7-5-13(10-19-16)21-17(22)15-3-2-8-23-15/h4-7,9-10,15H,2-3,8H2,1H3,(H,19,20)(H,21,22). The Morgan fingerprint density at radius 3 is 2.78 bits per heavy atom. The van der Waals surface area contributed by atoms with E-state index in [-0.39, 0.29) is 12.0 Å². The fraction of sp³-hybridized carbons (Fsp3) is 0.294. The van der Waals surface area contributed by atoms with Crippen LogP contribution >= 0.6 is 15.9 Å². The summed E-state index contributed by atoms with van der Waals surface area (Å²) in [6, 6.07) is 9.68. The largest absolute Gasteiger partial charge is 0.368 e. The highest BCUT2D eigenvalue weighted by Crippen LogP contribution is 2.23. The van der Waals surface area contributed by atoms with Gasteiger partial charge < -0.3 is 15.4 Å². The molecule has 0 saturated carbocycles. The zero-order valence-corrected chi connectivity index (χ0v) is 14.4. The number of anilines is 3. The van der Waals surface area contributed by atoms with Gasteiger partial charge in [-0.2, -0.15) is 0 Å². The number of rotatable bonds is 4. The molecule has 5 nitrogen and oxygen atoms in total. The number of aromatic nitrogens is 1. The first kappa shape index (κ1) is 16.0. The quantitative estimate of drug-likeness (QED) is 0.846. The van der Waals surface area contributed by atoms with Crippen molar-refractivity contribution in [3.8, 4) is 0 Å². The van der Waals surface area contributed by atoms with Gasteiger partial charge in [0.2, 0.25) is 0 Å². The summed E-state index contributed by atoms with van der Waals surface area (Å²) >= 11 is 3.48. The Morgan fingerprint density at radius 1 is 1.30 bits per heavy atom. The van der Waals surface area contributed by atoms with E-state index in [4.69, 9.17) is 4.74 Å². The predicted octanol–water partition coefficient (Wildman–Crippen LogP) is 4.01. The fourth-order valence-corrected chi connectivity index (χ4v) is 2.67. The second kappa shape index (κ2) is 7.10. The smallest absolute Gasteiger partial charge is 0.253 e. The van der Waals surface area contributed by atoms with Gasteiger partial charge in [-0.1, -0.05) is 15.9 Å². The number of halogens is 1. The zero-order chi connectivity index (χ0) is 16.2. The third kappa shape index (κ3) is 4.09. The monoisotopic (exact) mass is 375 g/mol. The first-order valence-corrected chi connectivity index (χ1v) is 8.33. The van der Waals surface area contributed by atoms with Crippen molar-refractivity contribution < 1.29 is 9.53 Å². The lowest BCUT2D eigenvalue weighted by Gasteiger charge is -2.11. The van der Waals surface area contributed by atoms with Gasteiger partial charge in [0.15, 0.2) is 0 Å². The van der Waals surface area contributed by atoms with Gasteiger partial charge in [0.1, 0.15) is 11.9 Å². The number of nitrogens with one attached hydrogen (secondary N) is 2. The van der Waals surface area contributed by atoms with Gasteiger partial charge in [0.05, 0.1) is 11.9 Å². The topological polar surface area (TPSA) is 63.2 Å². The van der Waals surface area contributed by atoms with Gasteiger partial charge in [0, 0.05) is 16.8 Å². The highest BCUT2D eigenvalue weighted by Gasteiger charge is 2.23. The average Bonchev–Trinajstić information content (AvgIpc) is 3.07. The highest BCUT2D eigenvalue weighted by atomic mass is 79.9. The summed E-state index contributed by atoms with van der Waals surface area (Å²) in [5, 5.41) is 6.07. The Labute approximate surface area is 143 Å². The third-order valence-corrected chi connectivity index (χ3v) is 4.57. The molecule has 2 heterocycles. The van der Waals surface area contributed by atoms with E-state index in [1.807, 2.05) is 37.3 Å². The Bertz CT molecular complexity index is 697. The molecule has 0 bridgehead atoms. The number of hydrogen-bond acceptors (Lipinski definition) is 4. The van der Waals surface area contributed by atoms with Crippen molar-refractivity contribution in [2.45, 2.75) is 25.9 Å². The summed E-state index contributed by atoms with van der Waals surface area (Å²) in [4.78, 5) is 16.3. The van der Waals surface area contributed by atoms with Gasteiger partial charge in [0.25, 0.3) is 5.91 Å². The van der Waals surface area contributed by atoms with Gasteiger partial charge in [-0.15, -0.1) is 0 Å². The van der Waals surface area contributed by atoms with Gasteiger partial charge >= 0.3 is 0 Å². The third-order valence-electron chi connectivity index (χ3n) is 3.68. The lowest BCUT2D eigenvalue weighted by molar-refractivity contribution is -0.124. The van der Waals surface area contributed by atoms with Gasteiger partial charge in [-0.3, -0.25) is 4.79 Å². The minimum atomic E-state index is -0.335. The molecule has 1 unspecified atom stereocenters. The minimum Gasteiger partial charge on any atom is -0.368 e. The Kier molecular flexibility index (Phi) is 4.93. The van der Waals surface area contributed by atoms with Crippen LogP contribution in [-0.4, -0.2) is 23.6 Å². The van der Waals surface area contributed by atoms with E-state index in [1.54, 1.807) is 6.20 Å². The molecule has 120 valence electrons. The van der Waals surface area contributed by atoms with Crippen LogP contribution in [0.3, 0.4) is 0 Å². The first-order valence-electron chi connectivity index (χ1n) is 7.53. The van der Waals surface area contributed by atoms with Crippen molar-refractivity contribution in [2.24, 2.45) is 0 Å². The number of carbonyl (C=O) groups is 1. The number of aryl methyl sites for hydroxylation is 1. The van der Waals surface area contributed by atoms with Crippen molar-refractivity contribution in [3.05, 3.63) is 46.6 Å². The Balaban J connectivity index is 1.62. The maximum absolute atomic E-state index is 12.0. The fourth-order valence-electron chi connectivity index (χ4n) is 2.42. The summed E-state index contributed by atoms with van der Waals surface area (Å²) < 4.78 is 6.43. The molecule has 1 aromatic heterocycles. The molecule has 1 fully saturated rings. The molecule has 2 N–H and O–H groups in total. The number of ether oxygens (including phenoxy) is 1. The SMILES string of the molecule is Cc1cc(Nc2ccc(NC(=O)C3CCCO3)cn2)ccc1Br. The van der Waals surface area contributed by atoms with Crippen LogP contribution in [0, 0.1) is 6.92 Å². The number of nitrogens with zero attached hydrogens (tertiary/aromatic N) is 1. The first-order chi connectivity index (χ1) is 11.1. The second-order valence-corrected chi connectivity index (χ2v) is 6.37. The number of carbonyl (C=O) groups excluding carboxylic acids is 1. The predicted molar refractivity (Wildman–Crippen MR) is 94.0 cm³/mol. The molecule has 1 saturated heterocycles. The number of amides is 1. The van der Waals surface area contributed by atoms with Gasteiger partial charge in [-0.05, 0) is 55.7 Å². The van der Waals surface area contributed by atoms with Crippen molar-refractivity contribution in [3.63, 3.8) is 0 Å². The molecule has 0 radical (unpaired) electrons.